The molecule has 0 bridgehead atoms. The molecule has 1 aliphatic rings. The first-order valence-electron chi connectivity index (χ1n) is 9.35. The van der Waals surface area contributed by atoms with E-state index in [1.165, 1.54) is 6.42 Å². The van der Waals surface area contributed by atoms with E-state index >= 15 is 0 Å². The first-order chi connectivity index (χ1) is 12.3. The third kappa shape index (κ3) is 4.42. The van der Waals surface area contributed by atoms with E-state index < -0.39 is 0 Å². The fourth-order valence-corrected chi connectivity index (χ4v) is 3.54. The normalized spacial score (nSPS) is 18.5. The lowest BCUT2D eigenvalue weighted by Gasteiger charge is -2.29. The van der Waals surface area contributed by atoms with Crippen LogP contribution in [0.1, 0.15) is 40.0 Å². The number of benzene rings is 1. The number of aryl methyl sites for hydroxylation is 1. The Hall–Kier alpha value is -2.37. The molecular weight excluding hydrogens is 326 g/mol. The maximum absolute atomic E-state index is 12.6. The minimum Gasteiger partial charge on any atom is -0.325 e. The Kier molecular flexibility index (Phi) is 5.30. The third-order valence-electron chi connectivity index (χ3n) is 5.23. The highest BCUT2D eigenvalue weighted by molar-refractivity contribution is 5.89. The van der Waals surface area contributed by atoms with E-state index in [4.69, 9.17) is 0 Å². The van der Waals surface area contributed by atoms with Gasteiger partial charge in [-0.1, -0.05) is 20.8 Å². The number of hydrogen-bond acceptors (Lipinski definition) is 3. The van der Waals surface area contributed by atoms with E-state index in [1.54, 1.807) is 11.0 Å². The van der Waals surface area contributed by atoms with E-state index in [0.29, 0.717) is 17.2 Å². The molecule has 1 aromatic heterocycles. The van der Waals surface area contributed by atoms with Gasteiger partial charge >= 0.3 is 6.03 Å². The van der Waals surface area contributed by atoms with Gasteiger partial charge in [0.05, 0.1) is 0 Å². The SMILES string of the molecule is Cn1cnc(-c2ccc(NC(=O)N3CCCC(C(C)(C)C)CC3)cc2)n1. The number of anilines is 1. The number of carbonyl (C=O) groups is 1. The zero-order chi connectivity index (χ0) is 18.7. The number of nitrogens with one attached hydrogen (secondary N) is 1. The molecule has 1 N–H and O–H groups in total. The Bertz CT molecular complexity index is 744. The fourth-order valence-electron chi connectivity index (χ4n) is 3.54. The molecule has 2 aromatic rings. The number of likely N-dealkylation sites (tertiary alicyclic amines) is 1. The van der Waals surface area contributed by atoms with Crippen LogP contribution in [0.15, 0.2) is 30.6 Å². The Morgan fingerprint density at radius 1 is 1.15 bits per heavy atom. The molecular formula is C20H29N5O. The fraction of sp³-hybridized carbons (Fsp3) is 0.550. The van der Waals surface area contributed by atoms with Gasteiger partial charge in [-0.25, -0.2) is 9.78 Å². The van der Waals surface area contributed by atoms with Crippen molar-refractivity contribution in [1.29, 1.82) is 0 Å². The Balaban J connectivity index is 1.59. The summed E-state index contributed by atoms with van der Waals surface area (Å²) < 4.78 is 1.68. The first-order valence-corrected chi connectivity index (χ1v) is 9.35. The molecule has 1 saturated heterocycles. The minimum atomic E-state index is -0.0109. The van der Waals surface area contributed by atoms with E-state index in [-0.39, 0.29) is 6.03 Å². The van der Waals surface area contributed by atoms with Crippen LogP contribution in [0, 0.1) is 11.3 Å². The zero-order valence-corrected chi connectivity index (χ0v) is 16.2. The highest BCUT2D eigenvalue weighted by Crippen LogP contribution is 2.34. The van der Waals surface area contributed by atoms with Gasteiger partial charge in [-0.05, 0) is 54.9 Å². The number of urea groups is 1. The Labute approximate surface area is 155 Å². The number of aromatic nitrogens is 3. The molecule has 2 amide bonds. The van der Waals surface area contributed by atoms with Crippen LogP contribution in [0.3, 0.4) is 0 Å². The average Bonchev–Trinajstić information content (AvgIpc) is 2.86. The molecule has 1 fully saturated rings. The van der Waals surface area contributed by atoms with E-state index in [2.05, 4.69) is 36.2 Å². The number of carbonyl (C=O) groups excluding carboxylic acids is 1. The Morgan fingerprint density at radius 2 is 1.88 bits per heavy atom. The minimum absolute atomic E-state index is 0.0109. The van der Waals surface area contributed by atoms with Crippen LogP contribution in [-0.2, 0) is 7.05 Å². The molecule has 0 saturated carbocycles. The Morgan fingerprint density at radius 3 is 2.50 bits per heavy atom. The summed E-state index contributed by atoms with van der Waals surface area (Å²) in [4.78, 5) is 18.8. The van der Waals surface area contributed by atoms with E-state index in [1.807, 2.05) is 36.2 Å². The summed E-state index contributed by atoms with van der Waals surface area (Å²) in [6.07, 6.45) is 5.01. The third-order valence-corrected chi connectivity index (χ3v) is 5.23. The lowest BCUT2D eigenvalue weighted by Crippen LogP contribution is -2.36. The van der Waals surface area contributed by atoms with Gasteiger partial charge in [0.1, 0.15) is 6.33 Å². The molecule has 1 unspecified atom stereocenters. The molecule has 3 rings (SSSR count). The standard InChI is InChI=1S/C20H29N5O/c1-20(2,3)16-6-5-12-25(13-11-16)19(26)22-17-9-7-15(8-10-17)18-21-14-24(4)23-18/h7-10,14,16H,5-6,11-13H2,1-4H3,(H,22,26). The van der Waals surface area contributed by atoms with Gasteiger partial charge in [-0.2, -0.15) is 5.10 Å². The van der Waals surface area contributed by atoms with Crippen molar-refractivity contribution >= 4 is 11.7 Å². The second-order valence-corrected chi connectivity index (χ2v) is 8.23. The van der Waals surface area contributed by atoms with E-state index in [9.17, 15) is 4.79 Å². The topological polar surface area (TPSA) is 63.1 Å². The van der Waals surface area contributed by atoms with Crippen molar-refractivity contribution < 1.29 is 4.79 Å². The van der Waals surface area contributed by atoms with Gasteiger partial charge in [0.15, 0.2) is 5.82 Å². The van der Waals surface area contributed by atoms with Crippen molar-refractivity contribution in [2.75, 3.05) is 18.4 Å². The smallest absolute Gasteiger partial charge is 0.321 e. The van der Waals surface area contributed by atoms with Gasteiger partial charge in [0, 0.05) is 31.4 Å². The van der Waals surface area contributed by atoms with Gasteiger partial charge in [-0.3, -0.25) is 4.68 Å². The summed E-state index contributed by atoms with van der Waals surface area (Å²) >= 11 is 0. The number of amides is 2. The molecule has 26 heavy (non-hydrogen) atoms. The van der Waals surface area contributed by atoms with Crippen LogP contribution in [0.2, 0.25) is 0 Å². The van der Waals surface area contributed by atoms with Crippen molar-refractivity contribution in [1.82, 2.24) is 19.7 Å². The summed E-state index contributed by atoms with van der Waals surface area (Å²) in [5.74, 6) is 1.36. The second-order valence-electron chi connectivity index (χ2n) is 8.23. The largest absolute Gasteiger partial charge is 0.325 e. The molecule has 0 aliphatic carbocycles. The van der Waals surface area contributed by atoms with Crippen LogP contribution in [0.4, 0.5) is 10.5 Å². The highest BCUT2D eigenvalue weighted by atomic mass is 16.2. The number of hydrogen-bond donors (Lipinski definition) is 1. The molecule has 1 atom stereocenters. The van der Waals surface area contributed by atoms with Crippen molar-refractivity contribution in [3.63, 3.8) is 0 Å². The van der Waals surface area contributed by atoms with Gasteiger partial charge < -0.3 is 10.2 Å². The molecule has 0 spiro atoms. The summed E-state index contributed by atoms with van der Waals surface area (Å²) in [6, 6.07) is 7.66. The second kappa shape index (κ2) is 7.48. The maximum atomic E-state index is 12.6. The van der Waals surface area contributed by atoms with Crippen molar-refractivity contribution in [3.05, 3.63) is 30.6 Å². The van der Waals surface area contributed by atoms with Gasteiger partial charge in [0.2, 0.25) is 0 Å². The van der Waals surface area contributed by atoms with Crippen molar-refractivity contribution in [2.24, 2.45) is 18.4 Å². The molecule has 6 nitrogen and oxygen atoms in total. The zero-order valence-electron chi connectivity index (χ0n) is 16.2. The van der Waals surface area contributed by atoms with Crippen LogP contribution >= 0.6 is 0 Å². The summed E-state index contributed by atoms with van der Waals surface area (Å²) in [7, 11) is 1.84. The average molecular weight is 355 g/mol. The lowest BCUT2D eigenvalue weighted by atomic mass is 9.77. The summed E-state index contributed by atoms with van der Waals surface area (Å²) in [5.41, 5.74) is 2.04. The summed E-state index contributed by atoms with van der Waals surface area (Å²) in [5, 5.41) is 7.31. The number of nitrogens with zero attached hydrogens (tertiary/aromatic N) is 4. The van der Waals surface area contributed by atoms with Crippen molar-refractivity contribution in [2.45, 2.75) is 40.0 Å². The van der Waals surface area contributed by atoms with E-state index in [0.717, 1.165) is 37.2 Å². The molecule has 0 radical (unpaired) electrons. The van der Waals surface area contributed by atoms with Crippen LogP contribution in [0.25, 0.3) is 11.4 Å². The number of rotatable bonds is 2. The van der Waals surface area contributed by atoms with Crippen LogP contribution in [-0.4, -0.2) is 38.8 Å². The van der Waals surface area contributed by atoms with Gasteiger partial charge in [-0.15, -0.1) is 0 Å². The summed E-state index contributed by atoms with van der Waals surface area (Å²) in [6.45, 7) is 8.54. The monoisotopic (exact) mass is 355 g/mol. The van der Waals surface area contributed by atoms with Crippen molar-refractivity contribution in [3.8, 4) is 11.4 Å². The van der Waals surface area contributed by atoms with Crippen LogP contribution in [0.5, 0.6) is 0 Å². The van der Waals surface area contributed by atoms with Gasteiger partial charge in [0.25, 0.3) is 0 Å². The molecule has 140 valence electrons. The highest BCUT2D eigenvalue weighted by Gasteiger charge is 2.28. The van der Waals surface area contributed by atoms with Crippen LogP contribution < -0.4 is 5.32 Å². The first kappa shape index (κ1) is 18.4. The molecule has 6 heteroatoms. The predicted octanol–water partition coefficient (Wildman–Crippen LogP) is 4.16. The predicted molar refractivity (Wildman–Crippen MR) is 104 cm³/mol. The molecule has 1 aromatic carbocycles. The maximum Gasteiger partial charge on any atom is 0.321 e. The quantitative estimate of drug-likeness (QED) is 0.880. The lowest BCUT2D eigenvalue weighted by molar-refractivity contribution is 0.200. The molecule has 2 heterocycles. The molecule has 1 aliphatic heterocycles.